The molecule has 0 aromatic heterocycles. The molecule has 0 amide bonds. The van der Waals surface area contributed by atoms with Crippen LogP contribution < -0.4 is 16.3 Å². The summed E-state index contributed by atoms with van der Waals surface area (Å²) >= 11 is 0. The minimum atomic E-state index is -1.39. The van der Waals surface area contributed by atoms with Gasteiger partial charge in [-0.1, -0.05) is 0 Å². The summed E-state index contributed by atoms with van der Waals surface area (Å²) in [5.74, 6) is -2.31. The van der Waals surface area contributed by atoms with Crippen molar-refractivity contribution < 1.29 is 13.1 Å². The van der Waals surface area contributed by atoms with Gasteiger partial charge in [0.05, 0.1) is 0 Å². The molecule has 0 aliphatic rings. The summed E-state index contributed by atoms with van der Waals surface area (Å²) in [5, 5.41) is 16.9. The number of aromatic hydroxyl groups is 2. The van der Waals surface area contributed by atoms with Crippen LogP contribution in [0.5, 0.6) is 11.5 Å². The Kier molecular flexibility index (Phi) is 6.39. The average molecular weight is 192 g/mol. The molecule has 0 saturated heterocycles. The second-order valence-electron chi connectivity index (χ2n) is 1.68. The second kappa shape index (κ2) is 5.16. The molecule has 0 bridgehead atoms. The van der Waals surface area contributed by atoms with Gasteiger partial charge in [-0.2, -0.15) is 0 Å². The van der Waals surface area contributed by atoms with Crippen LogP contribution in [-0.4, -0.2) is 69.3 Å². The molecule has 12 heavy (non-hydrogen) atoms. The van der Waals surface area contributed by atoms with Gasteiger partial charge in [-0.25, -0.2) is 0 Å². The summed E-state index contributed by atoms with van der Waals surface area (Å²) in [6, 6.07) is 0. The SMILES string of the molecule is O=c1c(O)c(O)c(=O)c1=O.[HH].[HH].[Na].[Na]. The van der Waals surface area contributed by atoms with Crippen molar-refractivity contribution in [2.24, 2.45) is 0 Å². The van der Waals surface area contributed by atoms with Crippen LogP contribution >= 0.6 is 0 Å². The molecule has 1 rings (SSSR count). The van der Waals surface area contributed by atoms with E-state index in [4.69, 9.17) is 10.2 Å². The molecule has 0 unspecified atom stereocenters. The Morgan fingerprint density at radius 1 is 0.750 bits per heavy atom. The summed E-state index contributed by atoms with van der Waals surface area (Å²) in [4.78, 5) is 30.8. The molecule has 0 aliphatic heterocycles. The molecule has 0 fully saturated rings. The molecule has 0 saturated carbocycles. The Morgan fingerprint density at radius 3 is 1.08 bits per heavy atom. The average Bonchev–Trinajstić information content (AvgIpc) is 2.07. The first kappa shape index (κ1) is 14.9. The Hall–Kier alpha value is 0.350. The van der Waals surface area contributed by atoms with Gasteiger partial charge in [-0.05, 0) is 0 Å². The van der Waals surface area contributed by atoms with Gasteiger partial charge in [0.2, 0.25) is 11.5 Å². The van der Waals surface area contributed by atoms with Gasteiger partial charge in [-0.3, -0.25) is 14.4 Å². The van der Waals surface area contributed by atoms with Gasteiger partial charge in [0.15, 0.2) is 0 Å². The molecule has 58 valence electrons. The van der Waals surface area contributed by atoms with E-state index in [9.17, 15) is 14.4 Å². The predicted octanol–water partition coefficient (Wildman–Crippen LogP) is -2.22. The van der Waals surface area contributed by atoms with E-state index in [1.54, 1.807) is 0 Å². The Labute approximate surface area is 113 Å². The van der Waals surface area contributed by atoms with E-state index in [1.165, 1.54) is 0 Å². The van der Waals surface area contributed by atoms with Gasteiger partial charge in [0, 0.05) is 62.0 Å². The van der Waals surface area contributed by atoms with Crippen LogP contribution in [0.15, 0.2) is 14.4 Å². The first-order chi connectivity index (χ1) is 4.55. The van der Waals surface area contributed by atoms with Crippen LogP contribution in [-0.2, 0) is 0 Å². The van der Waals surface area contributed by atoms with E-state index in [1.807, 2.05) is 0 Å². The molecule has 0 aliphatic carbocycles. The van der Waals surface area contributed by atoms with Gasteiger partial charge >= 0.3 is 0 Å². The van der Waals surface area contributed by atoms with Crippen molar-refractivity contribution in [1.82, 2.24) is 0 Å². The van der Waals surface area contributed by atoms with Crippen molar-refractivity contribution in [2.45, 2.75) is 0 Å². The molecule has 0 atom stereocenters. The fraction of sp³-hybridized carbons (Fsp3) is 0. The van der Waals surface area contributed by atoms with Gasteiger partial charge in [0.1, 0.15) is 0 Å². The second-order valence-corrected chi connectivity index (χ2v) is 1.68. The minimum Gasteiger partial charge on any atom is -0.501 e. The van der Waals surface area contributed by atoms with Crippen molar-refractivity contribution in [3.63, 3.8) is 0 Å². The van der Waals surface area contributed by atoms with Crippen LogP contribution in [0, 0.1) is 0 Å². The van der Waals surface area contributed by atoms with E-state index >= 15 is 0 Å². The van der Waals surface area contributed by atoms with E-state index < -0.39 is 27.8 Å². The predicted molar refractivity (Wildman–Crippen MR) is 46.7 cm³/mol. The van der Waals surface area contributed by atoms with Gasteiger partial charge < -0.3 is 10.2 Å². The molecule has 1 aromatic carbocycles. The number of rotatable bonds is 0. The molecule has 5 nitrogen and oxygen atoms in total. The molecular formula is C5H6Na2O5. The summed E-state index contributed by atoms with van der Waals surface area (Å²) in [6.07, 6.45) is 0. The van der Waals surface area contributed by atoms with Crippen LogP contribution in [0.3, 0.4) is 0 Å². The van der Waals surface area contributed by atoms with Crippen LogP contribution in [0.1, 0.15) is 2.85 Å². The Bertz CT molecular complexity index is 374. The zero-order chi connectivity index (χ0) is 7.89. The van der Waals surface area contributed by atoms with Crippen molar-refractivity contribution in [2.75, 3.05) is 0 Å². The molecule has 1 aromatic rings. The smallest absolute Gasteiger partial charge is 0.280 e. The van der Waals surface area contributed by atoms with Crippen molar-refractivity contribution in [3.8, 4) is 11.5 Å². The fourth-order valence-corrected chi connectivity index (χ4v) is 0.533. The third kappa shape index (κ3) is 2.18. The summed E-state index contributed by atoms with van der Waals surface area (Å²) in [5.41, 5.74) is -4.08. The molecular weight excluding hydrogens is 186 g/mol. The summed E-state index contributed by atoms with van der Waals surface area (Å²) in [6.45, 7) is 0. The fourth-order valence-electron chi connectivity index (χ4n) is 0.533. The van der Waals surface area contributed by atoms with Crippen molar-refractivity contribution >= 4 is 59.1 Å². The number of hydrogen-bond donors (Lipinski definition) is 2. The molecule has 2 N–H and O–H groups in total. The van der Waals surface area contributed by atoms with Gasteiger partial charge in [0.25, 0.3) is 16.3 Å². The maximum absolute atomic E-state index is 10.3. The van der Waals surface area contributed by atoms with Crippen LogP contribution in [0.4, 0.5) is 0 Å². The maximum Gasteiger partial charge on any atom is 0.280 e. The Morgan fingerprint density at radius 2 is 1.00 bits per heavy atom. The quantitative estimate of drug-likeness (QED) is 0.359. The van der Waals surface area contributed by atoms with E-state index in [-0.39, 0.29) is 62.0 Å². The maximum atomic E-state index is 10.3. The standard InChI is InChI=1S/C5H2O5.2Na.2H2/c6-1-2(7)4(9)5(10)3(1)8;;;;/h6-7H;;;2*1H. The molecule has 0 spiro atoms. The topological polar surface area (TPSA) is 91.7 Å². The van der Waals surface area contributed by atoms with E-state index in [0.717, 1.165) is 0 Å². The zero-order valence-corrected chi connectivity index (χ0v) is 10.6. The molecule has 7 heteroatoms. The van der Waals surface area contributed by atoms with E-state index in [2.05, 4.69) is 0 Å². The first-order valence-electron chi connectivity index (χ1n) is 2.31. The monoisotopic (exact) mass is 192 g/mol. The third-order valence-corrected chi connectivity index (χ3v) is 1.07. The summed E-state index contributed by atoms with van der Waals surface area (Å²) < 4.78 is 0. The Balaban J connectivity index is -0.000000125. The molecule has 2 radical (unpaired) electrons. The normalized spacial score (nSPS) is 8.33. The third-order valence-electron chi connectivity index (χ3n) is 1.07. The molecule has 0 heterocycles. The first-order valence-corrected chi connectivity index (χ1v) is 2.31. The minimum absolute atomic E-state index is 0. The van der Waals surface area contributed by atoms with Crippen molar-refractivity contribution in [1.29, 1.82) is 0 Å². The summed E-state index contributed by atoms with van der Waals surface area (Å²) in [7, 11) is 0. The van der Waals surface area contributed by atoms with Gasteiger partial charge in [-0.15, -0.1) is 0 Å². The van der Waals surface area contributed by atoms with E-state index in [0.29, 0.717) is 0 Å². The van der Waals surface area contributed by atoms with Crippen molar-refractivity contribution in [3.05, 3.63) is 30.7 Å². The number of hydrogen-bond acceptors (Lipinski definition) is 5. The van der Waals surface area contributed by atoms with Crippen LogP contribution in [0.2, 0.25) is 0 Å². The zero-order valence-electron chi connectivity index (χ0n) is 6.62. The van der Waals surface area contributed by atoms with Crippen LogP contribution in [0.25, 0.3) is 0 Å². The largest absolute Gasteiger partial charge is 0.501 e.